The number of para-hydroxylation sites is 1. The van der Waals surface area contributed by atoms with E-state index in [2.05, 4.69) is 20.9 Å². The number of alkyl halides is 3. The smallest absolute Gasteiger partial charge is 0.347 e. The van der Waals surface area contributed by atoms with Gasteiger partial charge in [0.2, 0.25) is 0 Å². The largest absolute Gasteiger partial charge is 0.508 e. The average Bonchev–Trinajstić information content (AvgIpc) is 3.42. The normalized spacial score (nSPS) is 24.4. The SMILES string of the molecule is COc1cc2nc(CCn3c(=O)n4n(c3=O)C3CC5(Cl)C(=O)N(CBr)C(=O)C5(Cl)C(c5ccccc5O)C3=CC4)c(=O)n(C)c2cc1OC. The second kappa shape index (κ2) is 11.6. The van der Waals surface area contributed by atoms with Gasteiger partial charge in [0.1, 0.15) is 11.4 Å². The van der Waals surface area contributed by atoms with Crippen molar-refractivity contribution in [3.8, 4) is 17.2 Å². The van der Waals surface area contributed by atoms with Crippen LogP contribution in [-0.2, 0) is 36.1 Å². The maximum absolute atomic E-state index is 14.1. The van der Waals surface area contributed by atoms with Crippen LogP contribution in [0.1, 0.15) is 29.6 Å². The summed E-state index contributed by atoms with van der Waals surface area (Å²) in [5.74, 6) is -1.98. The Hall–Kier alpha value is -4.34. The van der Waals surface area contributed by atoms with Gasteiger partial charge in [0.25, 0.3) is 17.4 Å². The van der Waals surface area contributed by atoms with Gasteiger partial charge in [-0.25, -0.2) is 28.5 Å². The Kier molecular flexibility index (Phi) is 7.87. The second-order valence-corrected chi connectivity index (χ2v) is 13.8. The molecule has 1 saturated carbocycles. The lowest BCUT2D eigenvalue weighted by Crippen LogP contribution is -2.59. The fourth-order valence-electron chi connectivity index (χ4n) is 7.42. The minimum absolute atomic E-state index is 0.0565. The summed E-state index contributed by atoms with van der Waals surface area (Å²) < 4.78 is 15.6. The molecule has 3 aliphatic rings. The van der Waals surface area contributed by atoms with Crippen molar-refractivity contribution in [2.45, 2.75) is 47.6 Å². The predicted octanol–water partition coefficient (Wildman–Crippen LogP) is 2.37. The lowest BCUT2D eigenvalue weighted by molar-refractivity contribution is -0.138. The van der Waals surface area contributed by atoms with E-state index in [1.807, 2.05) is 0 Å². The molecule has 7 rings (SSSR count). The number of carbonyl (C=O) groups is 2. The predicted molar refractivity (Wildman–Crippen MR) is 182 cm³/mol. The number of aryl methyl sites for hydroxylation is 2. The molecule has 256 valence electrons. The van der Waals surface area contributed by atoms with Crippen molar-refractivity contribution in [1.29, 1.82) is 0 Å². The fourth-order valence-corrected chi connectivity index (χ4v) is 8.82. The molecule has 1 saturated heterocycles. The quantitative estimate of drug-likeness (QED) is 0.129. The van der Waals surface area contributed by atoms with Gasteiger partial charge in [0, 0.05) is 50.0 Å². The number of hydrogen-bond acceptors (Lipinski definition) is 9. The number of likely N-dealkylation sites (tertiary alicyclic amines) is 1. The minimum atomic E-state index is -2.05. The van der Waals surface area contributed by atoms with Gasteiger partial charge in [-0.15, -0.1) is 23.2 Å². The number of phenols is 1. The first-order valence-electron chi connectivity index (χ1n) is 15.2. The van der Waals surface area contributed by atoms with Crippen LogP contribution in [0.15, 0.2) is 62.4 Å². The van der Waals surface area contributed by atoms with Crippen LogP contribution in [0.3, 0.4) is 0 Å². The standard InChI is InChI=1S/C32H29BrCl2N6O8/c1-37-20-13-24(49-3)23(48-2)12-19(20)36-18(26(37)43)9-10-38-29(46)40-11-8-16-21(41(40)30(38)47)14-31(34)27(44)39(15-33)28(45)32(31,35)25(16)17-6-4-5-7-22(17)42/h4-8,12-13,21,25,42H,9-11,14-15H2,1-3H3. The van der Waals surface area contributed by atoms with Gasteiger partial charge in [-0.2, -0.15) is 0 Å². The third-order valence-corrected chi connectivity index (χ3v) is 11.7. The first-order valence-corrected chi connectivity index (χ1v) is 17.0. The number of imide groups is 1. The number of benzene rings is 2. The summed E-state index contributed by atoms with van der Waals surface area (Å²) in [5.41, 5.74) is -0.173. The highest BCUT2D eigenvalue weighted by atomic mass is 79.9. The summed E-state index contributed by atoms with van der Waals surface area (Å²) in [5, 5.41) is 11.0. The highest BCUT2D eigenvalue weighted by molar-refractivity contribution is 9.09. The Morgan fingerprint density at radius 2 is 1.71 bits per heavy atom. The van der Waals surface area contributed by atoms with E-state index in [1.165, 1.54) is 34.2 Å². The number of ether oxygens (including phenoxy) is 2. The number of methoxy groups -OCH3 is 2. The number of allylic oxidation sites excluding steroid dienone is 2. The second-order valence-electron chi connectivity index (χ2n) is 12.1. The Morgan fingerprint density at radius 3 is 2.39 bits per heavy atom. The van der Waals surface area contributed by atoms with Crippen molar-refractivity contribution in [1.82, 2.24) is 28.4 Å². The van der Waals surface area contributed by atoms with Crippen molar-refractivity contribution in [2.75, 3.05) is 19.7 Å². The third kappa shape index (κ3) is 4.44. The minimum Gasteiger partial charge on any atom is -0.508 e. The zero-order valence-corrected chi connectivity index (χ0v) is 29.5. The molecule has 2 fully saturated rings. The molecule has 4 unspecified atom stereocenters. The van der Waals surface area contributed by atoms with Crippen LogP contribution in [0.5, 0.6) is 17.2 Å². The van der Waals surface area contributed by atoms with Gasteiger partial charge in [0.15, 0.2) is 21.2 Å². The van der Waals surface area contributed by atoms with E-state index in [4.69, 9.17) is 32.7 Å². The van der Waals surface area contributed by atoms with Gasteiger partial charge in [-0.05, 0) is 11.6 Å². The molecule has 2 aliphatic heterocycles. The van der Waals surface area contributed by atoms with Gasteiger partial charge in [0.05, 0.1) is 43.3 Å². The Balaban J connectivity index is 1.31. The summed E-state index contributed by atoms with van der Waals surface area (Å²) >= 11 is 17.5. The van der Waals surface area contributed by atoms with Crippen molar-refractivity contribution in [2.24, 2.45) is 7.05 Å². The first-order chi connectivity index (χ1) is 23.3. The Labute approximate surface area is 295 Å². The van der Waals surface area contributed by atoms with E-state index < -0.39 is 50.5 Å². The number of phenolic OH excluding ortho intramolecular Hbond substituents is 1. The van der Waals surface area contributed by atoms with Crippen molar-refractivity contribution < 1.29 is 24.2 Å². The molecule has 1 N–H and O–H groups in total. The summed E-state index contributed by atoms with van der Waals surface area (Å²) in [7, 11) is 4.55. The fraction of sp³-hybridized carbons (Fsp3) is 0.375. The number of aromatic hydroxyl groups is 1. The zero-order valence-electron chi connectivity index (χ0n) is 26.4. The van der Waals surface area contributed by atoms with Crippen LogP contribution in [0, 0.1) is 0 Å². The van der Waals surface area contributed by atoms with Gasteiger partial charge >= 0.3 is 11.4 Å². The van der Waals surface area contributed by atoms with Crippen molar-refractivity contribution in [3.05, 3.63) is 90.6 Å². The number of nitrogens with zero attached hydrogens (tertiary/aromatic N) is 6. The highest BCUT2D eigenvalue weighted by Crippen LogP contribution is 2.64. The van der Waals surface area contributed by atoms with Crippen molar-refractivity contribution >= 4 is 62.0 Å². The molecule has 2 aromatic carbocycles. The molecule has 0 radical (unpaired) electrons. The van der Waals surface area contributed by atoms with Crippen LogP contribution < -0.4 is 26.4 Å². The van der Waals surface area contributed by atoms with Crippen LogP contribution in [0.4, 0.5) is 0 Å². The van der Waals surface area contributed by atoms with Crippen LogP contribution in [0.2, 0.25) is 0 Å². The summed E-state index contributed by atoms with van der Waals surface area (Å²) in [6.07, 6.45) is 1.34. The molecule has 49 heavy (non-hydrogen) atoms. The first kappa shape index (κ1) is 33.2. The molecular weight excluding hydrogens is 747 g/mol. The number of aromatic nitrogens is 5. The monoisotopic (exact) mass is 774 g/mol. The average molecular weight is 776 g/mol. The molecule has 1 aliphatic carbocycles. The molecule has 17 heteroatoms. The molecule has 4 aromatic rings. The summed E-state index contributed by atoms with van der Waals surface area (Å²) in [6.45, 7) is -0.252. The summed E-state index contributed by atoms with van der Waals surface area (Å²) in [6, 6.07) is 8.56. The molecular formula is C32H29BrCl2N6O8. The molecule has 2 aromatic heterocycles. The number of rotatable bonds is 7. The molecule has 4 heterocycles. The highest BCUT2D eigenvalue weighted by Gasteiger charge is 2.75. The number of fused-ring (bicyclic) bond motifs is 5. The van der Waals surface area contributed by atoms with Gasteiger partial charge in [-0.3, -0.25) is 19.3 Å². The summed E-state index contributed by atoms with van der Waals surface area (Å²) in [4.78, 5) is 70.2. The number of amides is 2. The number of carbonyl (C=O) groups excluding carboxylic acids is 2. The van der Waals surface area contributed by atoms with E-state index in [9.17, 15) is 29.1 Å². The van der Waals surface area contributed by atoms with E-state index >= 15 is 0 Å². The van der Waals surface area contributed by atoms with Crippen molar-refractivity contribution in [3.63, 3.8) is 0 Å². The Bertz CT molecular complexity index is 2310. The van der Waals surface area contributed by atoms with Gasteiger partial charge in [-0.1, -0.05) is 40.2 Å². The Morgan fingerprint density at radius 1 is 1.02 bits per heavy atom. The van der Waals surface area contributed by atoms with Crippen LogP contribution in [0.25, 0.3) is 11.0 Å². The van der Waals surface area contributed by atoms with E-state index in [0.29, 0.717) is 28.1 Å². The van der Waals surface area contributed by atoms with E-state index in [1.54, 1.807) is 43.5 Å². The molecule has 14 nitrogen and oxygen atoms in total. The number of hydrogen-bond donors (Lipinski definition) is 1. The molecule has 2 amide bonds. The lowest BCUT2D eigenvalue weighted by Gasteiger charge is -2.49. The number of halogens is 3. The van der Waals surface area contributed by atoms with Crippen LogP contribution in [-0.4, -0.2) is 74.7 Å². The topological polar surface area (TPSA) is 160 Å². The zero-order chi connectivity index (χ0) is 35.2. The van der Waals surface area contributed by atoms with E-state index in [0.717, 1.165) is 9.47 Å². The molecule has 0 bridgehead atoms. The van der Waals surface area contributed by atoms with E-state index in [-0.39, 0.29) is 48.4 Å². The molecule has 0 spiro atoms. The molecule has 4 atom stereocenters. The lowest BCUT2D eigenvalue weighted by atomic mass is 9.64. The third-order valence-electron chi connectivity index (χ3n) is 9.83. The maximum Gasteiger partial charge on any atom is 0.347 e. The maximum atomic E-state index is 14.1. The van der Waals surface area contributed by atoms with Crippen LogP contribution >= 0.6 is 39.1 Å². The van der Waals surface area contributed by atoms with Gasteiger partial charge < -0.3 is 19.1 Å².